The summed E-state index contributed by atoms with van der Waals surface area (Å²) >= 11 is 5.93. The van der Waals surface area contributed by atoms with Gasteiger partial charge in [-0.3, -0.25) is 0 Å². The van der Waals surface area contributed by atoms with Gasteiger partial charge in [0.2, 0.25) is 0 Å². The predicted molar refractivity (Wildman–Crippen MR) is 68.4 cm³/mol. The molecule has 0 atom stereocenters. The van der Waals surface area contributed by atoms with Crippen LogP contribution in [0.5, 0.6) is 0 Å². The second-order valence-electron chi connectivity index (χ2n) is 4.11. The van der Waals surface area contributed by atoms with Crippen LogP contribution < -0.4 is 0 Å². The first-order valence-electron chi connectivity index (χ1n) is 5.64. The molecule has 0 bridgehead atoms. The lowest BCUT2D eigenvalue weighted by Gasteiger charge is -2.10. The van der Waals surface area contributed by atoms with Crippen LogP contribution in [0.2, 0.25) is 5.15 Å². The summed E-state index contributed by atoms with van der Waals surface area (Å²) < 4.78 is 40.3. The van der Waals surface area contributed by atoms with Gasteiger partial charge in [0.05, 0.1) is 11.3 Å². The van der Waals surface area contributed by atoms with E-state index in [2.05, 4.69) is 10.1 Å². The summed E-state index contributed by atoms with van der Waals surface area (Å²) in [5.74, 6) is 0. The molecule has 0 spiro atoms. The molecule has 0 amide bonds. The third-order valence-corrected chi connectivity index (χ3v) is 3.11. The van der Waals surface area contributed by atoms with Crippen molar-refractivity contribution in [2.75, 3.05) is 0 Å². The summed E-state index contributed by atoms with van der Waals surface area (Å²) in [7, 11) is 0. The third kappa shape index (κ3) is 2.12. The maximum absolute atomic E-state index is 13.0. The quantitative estimate of drug-likeness (QED) is 0.634. The molecule has 0 aliphatic heterocycles. The second kappa shape index (κ2) is 4.49. The van der Waals surface area contributed by atoms with Gasteiger partial charge in [-0.1, -0.05) is 29.8 Å². The van der Waals surface area contributed by atoms with Crippen molar-refractivity contribution in [3.8, 4) is 11.3 Å². The van der Waals surface area contributed by atoms with E-state index in [0.717, 1.165) is 6.07 Å². The first kappa shape index (κ1) is 12.9. The molecule has 2 heterocycles. The number of hydrogen-bond acceptors (Lipinski definition) is 2. The van der Waals surface area contributed by atoms with Gasteiger partial charge in [-0.05, 0) is 12.1 Å². The average molecular weight is 298 g/mol. The Morgan fingerprint density at radius 1 is 1.10 bits per heavy atom. The number of fused-ring (bicyclic) bond motifs is 1. The van der Waals surface area contributed by atoms with Crippen molar-refractivity contribution >= 4 is 17.2 Å². The Bertz CT molecular complexity index is 780. The molecule has 0 radical (unpaired) electrons. The zero-order valence-electron chi connectivity index (χ0n) is 9.89. The van der Waals surface area contributed by atoms with Gasteiger partial charge in [-0.2, -0.15) is 18.3 Å². The number of nitrogens with zero attached hydrogens (tertiary/aromatic N) is 3. The van der Waals surface area contributed by atoms with Gasteiger partial charge in [0.1, 0.15) is 5.15 Å². The Labute approximate surface area is 116 Å². The van der Waals surface area contributed by atoms with Crippen molar-refractivity contribution in [3.05, 3.63) is 53.3 Å². The highest BCUT2D eigenvalue weighted by atomic mass is 35.5. The van der Waals surface area contributed by atoms with Gasteiger partial charge < -0.3 is 0 Å². The molecule has 3 nitrogen and oxygen atoms in total. The Morgan fingerprint density at radius 3 is 2.55 bits per heavy atom. The van der Waals surface area contributed by atoms with Crippen molar-refractivity contribution < 1.29 is 13.2 Å². The van der Waals surface area contributed by atoms with Gasteiger partial charge in [0.25, 0.3) is 0 Å². The van der Waals surface area contributed by atoms with Crippen LogP contribution in [0.3, 0.4) is 0 Å². The summed E-state index contributed by atoms with van der Waals surface area (Å²) in [6, 6.07) is 8.25. The fraction of sp³-hybridized carbons (Fsp3) is 0.0769. The number of halogens is 4. The van der Waals surface area contributed by atoms with E-state index >= 15 is 0 Å². The van der Waals surface area contributed by atoms with E-state index in [1.807, 2.05) is 0 Å². The Hall–Kier alpha value is -2.08. The van der Waals surface area contributed by atoms with Crippen LogP contribution in [-0.4, -0.2) is 14.6 Å². The van der Waals surface area contributed by atoms with E-state index in [1.165, 1.54) is 41.0 Å². The van der Waals surface area contributed by atoms with Crippen molar-refractivity contribution in [1.82, 2.24) is 14.6 Å². The van der Waals surface area contributed by atoms with E-state index in [4.69, 9.17) is 11.6 Å². The SMILES string of the molecule is FC(F)(F)c1ccccc1-c1cc2nccc(Cl)n2n1. The maximum atomic E-state index is 13.0. The summed E-state index contributed by atoms with van der Waals surface area (Å²) in [4.78, 5) is 4.01. The van der Waals surface area contributed by atoms with Gasteiger partial charge >= 0.3 is 6.18 Å². The smallest absolute Gasteiger partial charge is 0.237 e. The summed E-state index contributed by atoms with van der Waals surface area (Å²) in [5.41, 5.74) is -0.163. The monoisotopic (exact) mass is 297 g/mol. The third-order valence-electron chi connectivity index (χ3n) is 2.82. The molecule has 2 aromatic heterocycles. The summed E-state index contributed by atoms with van der Waals surface area (Å²) in [5, 5.41) is 4.36. The zero-order valence-corrected chi connectivity index (χ0v) is 10.7. The van der Waals surface area contributed by atoms with Gasteiger partial charge in [-0.15, -0.1) is 0 Å². The van der Waals surface area contributed by atoms with Gasteiger partial charge in [0, 0.05) is 17.8 Å². The Morgan fingerprint density at radius 2 is 1.85 bits per heavy atom. The molecular formula is C13H7ClF3N3. The van der Waals surface area contributed by atoms with Crippen molar-refractivity contribution in [1.29, 1.82) is 0 Å². The fourth-order valence-corrected chi connectivity index (χ4v) is 2.13. The average Bonchev–Trinajstić information content (AvgIpc) is 2.83. The van der Waals surface area contributed by atoms with Crippen molar-refractivity contribution in [3.63, 3.8) is 0 Å². The van der Waals surface area contributed by atoms with Crippen LogP contribution in [0.15, 0.2) is 42.6 Å². The van der Waals surface area contributed by atoms with E-state index in [-0.39, 0.29) is 16.4 Å². The number of aromatic nitrogens is 3. The van der Waals surface area contributed by atoms with Gasteiger partial charge in [-0.25, -0.2) is 9.50 Å². The molecule has 0 saturated heterocycles. The van der Waals surface area contributed by atoms with Crippen molar-refractivity contribution in [2.24, 2.45) is 0 Å². The lowest BCUT2D eigenvalue weighted by Crippen LogP contribution is -2.07. The van der Waals surface area contributed by atoms with Crippen molar-refractivity contribution in [2.45, 2.75) is 6.18 Å². The normalized spacial score (nSPS) is 12.0. The van der Waals surface area contributed by atoms with E-state index < -0.39 is 11.7 Å². The lowest BCUT2D eigenvalue weighted by atomic mass is 10.0. The first-order valence-corrected chi connectivity index (χ1v) is 6.01. The van der Waals surface area contributed by atoms with Crippen LogP contribution in [0.1, 0.15) is 5.56 Å². The van der Waals surface area contributed by atoms with Crippen LogP contribution in [0.25, 0.3) is 16.9 Å². The van der Waals surface area contributed by atoms with E-state index in [0.29, 0.717) is 5.65 Å². The Balaban J connectivity index is 2.24. The topological polar surface area (TPSA) is 30.2 Å². The first-order chi connectivity index (χ1) is 9.47. The minimum absolute atomic E-state index is 0.00145. The number of rotatable bonds is 1. The molecule has 7 heteroatoms. The van der Waals surface area contributed by atoms with E-state index in [9.17, 15) is 13.2 Å². The highest BCUT2D eigenvalue weighted by Crippen LogP contribution is 2.36. The minimum atomic E-state index is -4.44. The molecule has 0 unspecified atom stereocenters. The standard InChI is InChI=1S/C13H7ClF3N3/c14-11-5-6-18-12-7-10(19-20(11)12)8-3-1-2-4-9(8)13(15,16)17/h1-7H. The summed E-state index contributed by atoms with van der Waals surface area (Å²) in [6.45, 7) is 0. The number of alkyl halides is 3. The summed E-state index contributed by atoms with van der Waals surface area (Å²) in [6.07, 6.45) is -2.97. The zero-order chi connectivity index (χ0) is 14.3. The molecule has 3 aromatic rings. The van der Waals surface area contributed by atoms with E-state index in [1.54, 1.807) is 0 Å². The second-order valence-corrected chi connectivity index (χ2v) is 4.50. The maximum Gasteiger partial charge on any atom is 0.417 e. The lowest BCUT2D eigenvalue weighted by molar-refractivity contribution is -0.137. The van der Waals surface area contributed by atoms with Crippen LogP contribution >= 0.6 is 11.6 Å². The molecule has 1 aromatic carbocycles. The number of hydrogen-bond donors (Lipinski definition) is 0. The van der Waals surface area contributed by atoms with Crippen LogP contribution in [0.4, 0.5) is 13.2 Å². The highest BCUT2D eigenvalue weighted by molar-refractivity contribution is 6.29. The molecule has 0 N–H and O–H groups in total. The molecule has 0 fully saturated rings. The molecular weight excluding hydrogens is 291 g/mol. The molecule has 20 heavy (non-hydrogen) atoms. The molecule has 0 saturated carbocycles. The molecule has 0 aliphatic carbocycles. The predicted octanol–water partition coefficient (Wildman–Crippen LogP) is 4.07. The highest BCUT2D eigenvalue weighted by Gasteiger charge is 2.33. The van der Waals surface area contributed by atoms with Gasteiger partial charge in [0.15, 0.2) is 5.65 Å². The molecule has 0 aliphatic rings. The molecule has 3 rings (SSSR count). The largest absolute Gasteiger partial charge is 0.417 e. The fourth-order valence-electron chi connectivity index (χ4n) is 1.95. The van der Waals surface area contributed by atoms with Crippen LogP contribution in [-0.2, 0) is 6.18 Å². The van der Waals surface area contributed by atoms with Crippen LogP contribution in [0, 0.1) is 0 Å². The minimum Gasteiger partial charge on any atom is -0.237 e. The molecule has 102 valence electrons. The Kier molecular flexibility index (Phi) is 2.90. The number of benzene rings is 1.